The molecule has 1 aromatic carbocycles. The third-order valence-electron chi connectivity index (χ3n) is 3.24. The molecular weight excluding hydrogens is 292 g/mol. The number of aryl methyl sites for hydroxylation is 1. The van der Waals surface area contributed by atoms with Crippen LogP contribution in [0, 0.1) is 0 Å². The van der Waals surface area contributed by atoms with Gasteiger partial charge in [0, 0.05) is 14.8 Å². The number of benzene rings is 1. The van der Waals surface area contributed by atoms with Crippen molar-refractivity contribution in [2.75, 3.05) is 7.11 Å². The average molecular weight is 311 g/mol. The minimum Gasteiger partial charge on any atom is -0.496 e. The lowest BCUT2D eigenvalue weighted by atomic mass is 10.0. The second-order valence-corrected chi connectivity index (χ2v) is 6.17. The minimum absolute atomic E-state index is 0.0627. The third kappa shape index (κ3) is 3.52. The van der Waals surface area contributed by atoms with E-state index in [1.165, 1.54) is 9.75 Å². The average Bonchev–Trinajstić information content (AvgIpc) is 2.93. The van der Waals surface area contributed by atoms with Crippen molar-refractivity contribution in [2.24, 2.45) is 5.84 Å². The molecule has 0 radical (unpaired) electrons. The number of methoxy groups -OCH3 is 1. The van der Waals surface area contributed by atoms with Crippen LogP contribution in [0.15, 0.2) is 30.3 Å². The summed E-state index contributed by atoms with van der Waals surface area (Å²) in [5.41, 5.74) is 3.94. The Morgan fingerprint density at radius 3 is 2.75 bits per heavy atom. The fourth-order valence-electron chi connectivity index (χ4n) is 2.14. The van der Waals surface area contributed by atoms with Crippen LogP contribution in [0.3, 0.4) is 0 Å². The Morgan fingerprint density at radius 1 is 1.35 bits per heavy atom. The smallest absolute Gasteiger partial charge is 0.122 e. The van der Waals surface area contributed by atoms with Gasteiger partial charge in [-0.15, -0.1) is 11.3 Å². The first kappa shape index (κ1) is 15.3. The summed E-state index contributed by atoms with van der Waals surface area (Å²) in [5, 5.41) is 0.706. The van der Waals surface area contributed by atoms with Gasteiger partial charge in [0.05, 0.1) is 13.2 Å². The summed E-state index contributed by atoms with van der Waals surface area (Å²) in [4.78, 5) is 2.59. The van der Waals surface area contributed by atoms with Gasteiger partial charge < -0.3 is 4.74 Å². The van der Waals surface area contributed by atoms with E-state index in [2.05, 4.69) is 24.5 Å². The summed E-state index contributed by atoms with van der Waals surface area (Å²) in [6, 6.07) is 9.99. The van der Waals surface area contributed by atoms with Crippen LogP contribution in [0.25, 0.3) is 0 Å². The standard InChI is InChI=1S/C15H19ClN2OS/c1-3-12-5-7-15(20-12)13(18-17)9-10-8-11(16)4-6-14(10)19-2/h4-8,13,18H,3,9,17H2,1-2H3. The first-order valence-corrected chi connectivity index (χ1v) is 7.74. The highest BCUT2D eigenvalue weighted by molar-refractivity contribution is 7.12. The zero-order chi connectivity index (χ0) is 14.5. The lowest BCUT2D eigenvalue weighted by Crippen LogP contribution is -2.29. The number of rotatable bonds is 6. The van der Waals surface area contributed by atoms with Gasteiger partial charge in [-0.05, 0) is 48.7 Å². The molecule has 0 amide bonds. The summed E-state index contributed by atoms with van der Waals surface area (Å²) in [5.74, 6) is 6.55. The fraction of sp³-hybridized carbons (Fsp3) is 0.333. The molecule has 2 aromatic rings. The first-order valence-electron chi connectivity index (χ1n) is 6.55. The van der Waals surface area contributed by atoms with Crippen molar-refractivity contribution in [3.8, 4) is 5.75 Å². The molecular formula is C15H19ClN2OS. The molecule has 0 bridgehead atoms. The van der Waals surface area contributed by atoms with E-state index in [1.807, 2.05) is 18.2 Å². The zero-order valence-corrected chi connectivity index (χ0v) is 13.2. The van der Waals surface area contributed by atoms with Gasteiger partial charge in [-0.3, -0.25) is 11.3 Å². The van der Waals surface area contributed by atoms with Gasteiger partial charge in [0.2, 0.25) is 0 Å². The van der Waals surface area contributed by atoms with Crippen molar-refractivity contribution in [3.05, 3.63) is 50.7 Å². The van der Waals surface area contributed by atoms with Crippen molar-refractivity contribution in [1.29, 1.82) is 0 Å². The van der Waals surface area contributed by atoms with Crippen LogP contribution in [0.4, 0.5) is 0 Å². The van der Waals surface area contributed by atoms with Gasteiger partial charge in [0.15, 0.2) is 0 Å². The maximum absolute atomic E-state index is 6.07. The molecule has 0 saturated carbocycles. The van der Waals surface area contributed by atoms with Gasteiger partial charge >= 0.3 is 0 Å². The van der Waals surface area contributed by atoms with Crippen LogP contribution in [-0.4, -0.2) is 7.11 Å². The van der Waals surface area contributed by atoms with Crippen molar-refractivity contribution in [1.82, 2.24) is 5.43 Å². The van der Waals surface area contributed by atoms with E-state index in [1.54, 1.807) is 18.4 Å². The Kier molecular flexibility index (Phi) is 5.43. The van der Waals surface area contributed by atoms with Crippen molar-refractivity contribution < 1.29 is 4.74 Å². The Morgan fingerprint density at radius 2 is 2.15 bits per heavy atom. The van der Waals surface area contributed by atoms with Gasteiger partial charge in [-0.25, -0.2) is 0 Å². The van der Waals surface area contributed by atoms with Crippen LogP contribution in [0.2, 0.25) is 5.02 Å². The highest BCUT2D eigenvalue weighted by atomic mass is 35.5. The fourth-order valence-corrected chi connectivity index (χ4v) is 3.35. The molecule has 1 heterocycles. The number of hydrogen-bond donors (Lipinski definition) is 2. The van der Waals surface area contributed by atoms with Crippen molar-refractivity contribution in [3.63, 3.8) is 0 Å². The molecule has 0 fully saturated rings. The van der Waals surface area contributed by atoms with E-state index in [4.69, 9.17) is 22.2 Å². The first-order chi connectivity index (χ1) is 9.67. The molecule has 5 heteroatoms. The third-order valence-corrected chi connectivity index (χ3v) is 4.82. The Hall–Kier alpha value is -1.07. The summed E-state index contributed by atoms with van der Waals surface area (Å²) >= 11 is 7.85. The Bertz CT molecular complexity index is 571. The number of ether oxygens (including phenoxy) is 1. The molecule has 2 rings (SSSR count). The normalized spacial score (nSPS) is 12.4. The highest BCUT2D eigenvalue weighted by Gasteiger charge is 2.15. The van der Waals surface area contributed by atoms with E-state index in [0.29, 0.717) is 5.02 Å². The predicted octanol–water partition coefficient (Wildman–Crippen LogP) is 3.72. The largest absolute Gasteiger partial charge is 0.496 e. The summed E-state index contributed by atoms with van der Waals surface area (Å²) in [6.45, 7) is 2.15. The minimum atomic E-state index is 0.0627. The molecule has 1 aromatic heterocycles. The van der Waals surface area contributed by atoms with E-state index >= 15 is 0 Å². The van der Waals surface area contributed by atoms with E-state index in [0.717, 1.165) is 24.2 Å². The van der Waals surface area contributed by atoms with Gasteiger partial charge in [0.25, 0.3) is 0 Å². The van der Waals surface area contributed by atoms with E-state index in [-0.39, 0.29) is 6.04 Å². The molecule has 0 aliphatic rings. The predicted molar refractivity (Wildman–Crippen MR) is 85.5 cm³/mol. The second kappa shape index (κ2) is 7.09. The van der Waals surface area contributed by atoms with Crippen LogP contribution < -0.4 is 16.0 Å². The Balaban J connectivity index is 2.23. The second-order valence-electron chi connectivity index (χ2n) is 4.54. The Labute approximate surface area is 128 Å². The molecule has 3 nitrogen and oxygen atoms in total. The molecule has 0 saturated heterocycles. The van der Waals surface area contributed by atoms with Crippen LogP contribution in [0.1, 0.15) is 28.3 Å². The van der Waals surface area contributed by atoms with Gasteiger partial charge in [-0.1, -0.05) is 18.5 Å². The topological polar surface area (TPSA) is 47.3 Å². The van der Waals surface area contributed by atoms with E-state index < -0.39 is 0 Å². The maximum atomic E-state index is 6.07. The molecule has 108 valence electrons. The van der Waals surface area contributed by atoms with Crippen LogP contribution in [-0.2, 0) is 12.8 Å². The number of hydrogen-bond acceptors (Lipinski definition) is 4. The van der Waals surface area contributed by atoms with E-state index in [9.17, 15) is 0 Å². The molecule has 1 atom stereocenters. The van der Waals surface area contributed by atoms with Crippen molar-refractivity contribution >= 4 is 22.9 Å². The lowest BCUT2D eigenvalue weighted by Gasteiger charge is -2.16. The number of nitrogens with two attached hydrogens (primary N) is 1. The SMILES string of the molecule is CCc1ccc(C(Cc2cc(Cl)ccc2OC)NN)s1. The lowest BCUT2D eigenvalue weighted by molar-refractivity contribution is 0.406. The number of thiophene rings is 1. The quantitative estimate of drug-likeness (QED) is 0.631. The summed E-state index contributed by atoms with van der Waals surface area (Å²) in [6.07, 6.45) is 1.78. The molecule has 0 aliphatic heterocycles. The highest BCUT2D eigenvalue weighted by Crippen LogP contribution is 2.30. The number of hydrazine groups is 1. The van der Waals surface area contributed by atoms with Gasteiger partial charge in [-0.2, -0.15) is 0 Å². The molecule has 20 heavy (non-hydrogen) atoms. The number of halogens is 1. The molecule has 0 spiro atoms. The number of nitrogens with one attached hydrogen (secondary N) is 1. The molecule has 3 N–H and O–H groups in total. The van der Waals surface area contributed by atoms with Crippen LogP contribution in [0.5, 0.6) is 5.75 Å². The summed E-state index contributed by atoms with van der Waals surface area (Å²) in [7, 11) is 1.66. The van der Waals surface area contributed by atoms with Crippen LogP contribution >= 0.6 is 22.9 Å². The molecule has 0 aliphatic carbocycles. The maximum Gasteiger partial charge on any atom is 0.122 e. The zero-order valence-electron chi connectivity index (χ0n) is 11.7. The van der Waals surface area contributed by atoms with Crippen molar-refractivity contribution in [2.45, 2.75) is 25.8 Å². The summed E-state index contributed by atoms with van der Waals surface area (Å²) < 4.78 is 5.38. The molecule has 1 unspecified atom stereocenters. The van der Waals surface area contributed by atoms with Gasteiger partial charge in [0.1, 0.15) is 5.75 Å². The monoisotopic (exact) mass is 310 g/mol.